The molecule has 0 bridgehead atoms. The van der Waals surface area contributed by atoms with E-state index in [2.05, 4.69) is 5.32 Å². The molecule has 0 unspecified atom stereocenters. The van der Waals surface area contributed by atoms with Gasteiger partial charge in [-0.2, -0.15) is 0 Å². The molecule has 4 N–H and O–H groups in total. The van der Waals surface area contributed by atoms with Crippen LogP contribution in [0.15, 0.2) is 0 Å². The first-order chi connectivity index (χ1) is 2.41. The van der Waals surface area contributed by atoms with Crippen LogP contribution in [-0.2, 0) is 4.79 Å². The number of rotatable bonds is 0. The Hall–Kier alpha value is -0.410. The lowest BCUT2D eigenvalue weighted by Crippen LogP contribution is -1.89. The minimum Gasteiger partial charge on any atom is -0.344 e. The van der Waals surface area contributed by atoms with Crippen molar-refractivity contribution in [1.29, 1.82) is 0 Å². The van der Waals surface area contributed by atoms with Gasteiger partial charge in [0.1, 0.15) is 6.79 Å². The Morgan fingerprint density at radius 1 is 1.33 bits per heavy atom. The first kappa shape index (κ1) is 17.6. The Morgan fingerprint density at radius 3 is 1.33 bits per heavy atom. The fourth-order valence-corrected chi connectivity index (χ4v) is 0. The molecule has 0 aliphatic carbocycles. The second-order valence-corrected chi connectivity index (χ2v) is 0.500. The van der Waals surface area contributed by atoms with Crippen molar-refractivity contribution in [1.82, 2.24) is 11.5 Å². The standard InChI is InChI=1S/C2H7N.CH2O.H3N/c1-3-2;1-2;/h3H,1-2H3;1H2;1H3. The zero-order valence-corrected chi connectivity index (χ0v) is 4.32. The number of nitrogens with one attached hydrogen (secondary N) is 1. The van der Waals surface area contributed by atoms with Crippen molar-refractivity contribution in [3.05, 3.63) is 0 Å². The fraction of sp³-hybridized carbons (Fsp3) is 0.667. The van der Waals surface area contributed by atoms with Gasteiger partial charge in [-0.05, 0) is 14.1 Å². The second kappa shape index (κ2) is 170. The molecule has 0 aliphatic heterocycles. The minimum atomic E-state index is 0. The molecule has 0 rings (SSSR count). The lowest BCUT2D eigenvalue weighted by atomic mass is 11.3. The Kier molecular flexibility index (Phi) is 497. The molecular weight excluding hydrogens is 80.0 g/mol. The molecule has 0 aromatic carbocycles. The van der Waals surface area contributed by atoms with Crippen LogP contribution in [0.4, 0.5) is 0 Å². The molecule has 0 amide bonds. The van der Waals surface area contributed by atoms with Crippen LogP contribution in [0.25, 0.3) is 0 Å². The summed E-state index contributed by atoms with van der Waals surface area (Å²) < 4.78 is 0. The monoisotopic (exact) mass is 92.1 g/mol. The molecule has 6 heavy (non-hydrogen) atoms. The molecular formula is C3H12N2O. The van der Waals surface area contributed by atoms with Gasteiger partial charge in [0.2, 0.25) is 0 Å². The quantitative estimate of drug-likeness (QED) is 0.435. The molecule has 0 aliphatic rings. The van der Waals surface area contributed by atoms with Crippen molar-refractivity contribution in [2.75, 3.05) is 14.1 Å². The topological polar surface area (TPSA) is 64.1 Å². The molecule has 0 saturated heterocycles. The molecule has 0 saturated carbocycles. The summed E-state index contributed by atoms with van der Waals surface area (Å²) in [4.78, 5) is 8.00. The summed E-state index contributed by atoms with van der Waals surface area (Å²) in [5.74, 6) is 0. The van der Waals surface area contributed by atoms with E-state index in [4.69, 9.17) is 4.79 Å². The summed E-state index contributed by atoms with van der Waals surface area (Å²) in [5, 5.41) is 2.75. The molecule has 0 heterocycles. The highest BCUT2D eigenvalue weighted by atomic mass is 16.1. The Morgan fingerprint density at radius 2 is 1.33 bits per heavy atom. The molecule has 0 radical (unpaired) electrons. The van der Waals surface area contributed by atoms with Crippen LogP contribution < -0.4 is 11.5 Å². The fourth-order valence-electron chi connectivity index (χ4n) is 0. The highest BCUT2D eigenvalue weighted by Gasteiger charge is 1.25. The highest BCUT2D eigenvalue weighted by molar-refractivity contribution is 5.10. The van der Waals surface area contributed by atoms with E-state index < -0.39 is 0 Å². The number of hydrogen-bond acceptors (Lipinski definition) is 3. The van der Waals surface area contributed by atoms with Crippen LogP contribution in [0.1, 0.15) is 0 Å². The average molecular weight is 92.1 g/mol. The number of carbonyl (C=O) groups excluding carboxylic acids is 1. The Bertz CT molecular complexity index is 12.8. The first-order valence-corrected chi connectivity index (χ1v) is 1.29. The van der Waals surface area contributed by atoms with Gasteiger partial charge in [-0.15, -0.1) is 0 Å². The summed E-state index contributed by atoms with van der Waals surface area (Å²) in [6.45, 7) is 2.00. The normalized spacial score (nSPS) is 3.67. The van der Waals surface area contributed by atoms with Crippen molar-refractivity contribution in [2.45, 2.75) is 0 Å². The van der Waals surface area contributed by atoms with Crippen molar-refractivity contribution < 1.29 is 4.79 Å². The smallest absolute Gasteiger partial charge is 0.106 e. The van der Waals surface area contributed by atoms with Crippen molar-refractivity contribution in [3.8, 4) is 0 Å². The maximum absolute atomic E-state index is 8.00. The first-order valence-electron chi connectivity index (χ1n) is 1.29. The highest BCUT2D eigenvalue weighted by Crippen LogP contribution is 0.981. The van der Waals surface area contributed by atoms with Gasteiger partial charge in [0.15, 0.2) is 0 Å². The lowest BCUT2D eigenvalue weighted by Gasteiger charge is -1.59. The molecule has 40 valence electrons. The summed E-state index contributed by atoms with van der Waals surface area (Å²) in [7, 11) is 3.75. The van der Waals surface area contributed by atoms with E-state index in [0.717, 1.165) is 0 Å². The third-order valence-electron chi connectivity index (χ3n) is 0. The van der Waals surface area contributed by atoms with Gasteiger partial charge in [0.25, 0.3) is 0 Å². The van der Waals surface area contributed by atoms with Crippen LogP contribution in [0.3, 0.4) is 0 Å². The summed E-state index contributed by atoms with van der Waals surface area (Å²) >= 11 is 0. The van der Waals surface area contributed by atoms with Crippen molar-refractivity contribution in [2.24, 2.45) is 0 Å². The molecule has 0 spiro atoms. The summed E-state index contributed by atoms with van der Waals surface area (Å²) in [5.41, 5.74) is 0. The van der Waals surface area contributed by atoms with Gasteiger partial charge in [0, 0.05) is 0 Å². The van der Waals surface area contributed by atoms with E-state index >= 15 is 0 Å². The van der Waals surface area contributed by atoms with Crippen molar-refractivity contribution in [3.63, 3.8) is 0 Å². The predicted octanol–water partition coefficient (Wildman–Crippen LogP) is -0.187. The largest absolute Gasteiger partial charge is 0.344 e. The third-order valence-corrected chi connectivity index (χ3v) is 0. The van der Waals surface area contributed by atoms with Gasteiger partial charge >= 0.3 is 0 Å². The predicted molar refractivity (Wildman–Crippen MR) is 27.1 cm³/mol. The van der Waals surface area contributed by atoms with Crippen LogP contribution in [0, 0.1) is 0 Å². The molecule has 3 heteroatoms. The van der Waals surface area contributed by atoms with E-state index in [-0.39, 0.29) is 6.15 Å². The molecule has 0 atom stereocenters. The van der Waals surface area contributed by atoms with E-state index in [0.29, 0.717) is 0 Å². The zero-order chi connectivity index (χ0) is 4.71. The SMILES string of the molecule is C=O.CNC.N. The van der Waals surface area contributed by atoms with Gasteiger partial charge in [0.05, 0.1) is 0 Å². The van der Waals surface area contributed by atoms with Gasteiger partial charge in [-0.3, -0.25) is 0 Å². The molecule has 0 fully saturated rings. The van der Waals surface area contributed by atoms with Gasteiger partial charge in [-0.25, -0.2) is 0 Å². The number of carbonyl (C=O) groups is 1. The zero-order valence-electron chi connectivity index (χ0n) is 4.32. The third kappa shape index (κ3) is 143. The van der Waals surface area contributed by atoms with Gasteiger partial charge in [-0.1, -0.05) is 0 Å². The number of hydrogen-bond donors (Lipinski definition) is 2. The molecule has 3 nitrogen and oxygen atoms in total. The van der Waals surface area contributed by atoms with E-state index in [9.17, 15) is 0 Å². The van der Waals surface area contributed by atoms with E-state index in [1.807, 2.05) is 20.9 Å². The maximum atomic E-state index is 8.00. The van der Waals surface area contributed by atoms with E-state index in [1.165, 1.54) is 0 Å². The average Bonchev–Trinajstić information content (AvgIpc) is 1.46. The van der Waals surface area contributed by atoms with Gasteiger partial charge < -0.3 is 16.3 Å². The Labute approximate surface area is 38.3 Å². The van der Waals surface area contributed by atoms with Crippen LogP contribution >= 0.6 is 0 Å². The van der Waals surface area contributed by atoms with Crippen LogP contribution in [-0.4, -0.2) is 20.9 Å². The lowest BCUT2D eigenvalue weighted by molar-refractivity contribution is -0.0979. The second-order valence-electron chi connectivity index (χ2n) is 0.500. The molecule has 0 aromatic rings. The van der Waals surface area contributed by atoms with Crippen molar-refractivity contribution >= 4 is 6.79 Å². The summed E-state index contributed by atoms with van der Waals surface area (Å²) in [6, 6.07) is 0. The minimum absolute atomic E-state index is 0. The van der Waals surface area contributed by atoms with Crippen LogP contribution in [0.2, 0.25) is 0 Å². The summed E-state index contributed by atoms with van der Waals surface area (Å²) in [6.07, 6.45) is 0. The van der Waals surface area contributed by atoms with E-state index in [1.54, 1.807) is 0 Å². The van der Waals surface area contributed by atoms with Crippen LogP contribution in [0.5, 0.6) is 0 Å². The molecule has 0 aromatic heterocycles. The Balaban J connectivity index is -0.0000000275. The maximum Gasteiger partial charge on any atom is 0.106 e.